The van der Waals surface area contributed by atoms with E-state index in [1.807, 2.05) is 0 Å². The van der Waals surface area contributed by atoms with E-state index >= 15 is 0 Å². The molecule has 3 heterocycles. The number of aliphatic carboxylic acids is 1. The first-order valence-corrected chi connectivity index (χ1v) is 16.8. The molecule has 0 saturated carbocycles. The number of nitrogens with one attached hydrogen (secondary N) is 5. The first-order valence-electron chi connectivity index (χ1n) is 16.8. The van der Waals surface area contributed by atoms with E-state index in [0.29, 0.717) is 19.4 Å². The van der Waals surface area contributed by atoms with Crippen LogP contribution in [-0.4, -0.2) is 100.0 Å². The molecule has 50 heavy (non-hydrogen) atoms. The van der Waals surface area contributed by atoms with Crippen LogP contribution >= 0.6 is 0 Å². The maximum Gasteiger partial charge on any atom is 0.303 e. The summed E-state index contributed by atoms with van der Waals surface area (Å²) in [4.78, 5) is 77.3. The minimum absolute atomic E-state index is 0.0418. The van der Waals surface area contributed by atoms with Crippen molar-refractivity contribution < 1.29 is 38.6 Å². The van der Waals surface area contributed by atoms with Crippen LogP contribution in [0.1, 0.15) is 86.3 Å². The number of nitrogens with zero attached hydrogens (tertiary/aromatic N) is 3. The van der Waals surface area contributed by atoms with Crippen LogP contribution in [0.5, 0.6) is 5.75 Å². The Hall–Kier alpha value is -5.10. The molecule has 1 fully saturated rings. The first kappa shape index (κ1) is 37.7. The fourth-order valence-corrected chi connectivity index (χ4v) is 5.71. The highest BCUT2D eigenvalue weighted by Crippen LogP contribution is 2.26. The Morgan fingerprint density at radius 1 is 1.04 bits per heavy atom. The zero-order valence-electron chi connectivity index (χ0n) is 28.0. The molecule has 2 aromatic rings. The van der Waals surface area contributed by atoms with Gasteiger partial charge in [0.1, 0.15) is 29.9 Å². The third-order valence-corrected chi connectivity index (χ3v) is 8.73. The maximum absolute atomic E-state index is 13.7. The Kier molecular flexibility index (Phi) is 13.6. The summed E-state index contributed by atoms with van der Waals surface area (Å²) >= 11 is 0. The van der Waals surface area contributed by atoms with Crippen molar-refractivity contribution in [2.45, 2.75) is 88.4 Å². The summed E-state index contributed by atoms with van der Waals surface area (Å²) in [6.07, 6.45) is 3.96. The van der Waals surface area contributed by atoms with Gasteiger partial charge in [-0.1, -0.05) is 5.21 Å². The van der Waals surface area contributed by atoms with Crippen molar-refractivity contribution in [2.24, 2.45) is 11.5 Å². The summed E-state index contributed by atoms with van der Waals surface area (Å²) in [5.74, 6) is -4.47. The van der Waals surface area contributed by atoms with Crippen LogP contribution in [0.25, 0.3) is 0 Å². The third-order valence-electron chi connectivity index (χ3n) is 8.73. The van der Waals surface area contributed by atoms with E-state index in [1.54, 1.807) is 13.1 Å². The number of unbranched alkanes of at least 4 members (excludes halogenated alkanes) is 1. The van der Waals surface area contributed by atoms with Crippen molar-refractivity contribution in [3.8, 4) is 5.75 Å². The van der Waals surface area contributed by atoms with E-state index in [0.717, 1.165) is 31.6 Å². The second-order valence-electron chi connectivity index (χ2n) is 12.4. The highest BCUT2D eigenvalue weighted by atomic mass is 16.5. The molecule has 5 amide bonds. The number of primary amides is 1. The normalized spacial score (nSPS) is 21.3. The number of hydrogen-bond donors (Lipinski definition) is 8. The van der Waals surface area contributed by atoms with Gasteiger partial charge in [-0.3, -0.25) is 28.8 Å². The molecule has 272 valence electrons. The molecular weight excluding hydrogens is 652 g/mol. The van der Waals surface area contributed by atoms with Crippen LogP contribution in [0.15, 0.2) is 24.4 Å². The van der Waals surface area contributed by atoms with Gasteiger partial charge in [-0.2, -0.15) is 0 Å². The number of rotatable bonds is 12. The minimum Gasteiger partial charge on any atom is -0.493 e. The topological polar surface area (TPSA) is 275 Å². The second-order valence-corrected chi connectivity index (χ2v) is 12.4. The molecule has 2 aliphatic rings. The summed E-state index contributed by atoms with van der Waals surface area (Å²) in [5.41, 5.74) is 12.1. The van der Waals surface area contributed by atoms with E-state index in [9.17, 15) is 33.9 Å². The van der Waals surface area contributed by atoms with Gasteiger partial charge in [0.25, 0.3) is 5.91 Å². The number of fused-ring (bicyclic) bond motifs is 1. The smallest absolute Gasteiger partial charge is 0.303 e. The number of hydrogen-bond acceptors (Lipinski definition) is 11. The summed E-state index contributed by atoms with van der Waals surface area (Å²) < 4.78 is 7.33. The zero-order chi connectivity index (χ0) is 36.2. The fraction of sp³-hybridized carbons (Fsp3) is 0.562. The Balaban J connectivity index is 1.59. The van der Waals surface area contributed by atoms with Crippen molar-refractivity contribution in [1.82, 2.24) is 36.3 Å². The van der Waals surface area contributed by atoms with E-state index in [1.165, 1.54) is 22.9 Å². The lowest BCUT2D eigenvalue weighted by atomic mass is 9.95. The Morgan fingerprint density at radius 3 is 2.46 bits per heavy atom. The predicted octanol–water partition coefficient (Wildman–Crippen LogP) is -0.726. The Bertz CT molecular complexity index is 1540. The van der Waals surface area contributed by atoms with Crippen molar-refractivity contribution in [2.75, 3.05) is 31.6 Å². The monoisotopic (exact) mass is 698 g/mol. The lowest BCUT2D eigenvalue weighted by Gasteiger charge is -2.26. The Labute approximate surface area is 288 Å². The van der Waals surface area contributed by atoms with Gasteiger partial charge in [0.05, 0.1) is 17.9 Å². The van der Waals surface area contributed by atoms with Crippen LogP contribution < -0.4 is 42.8 Å². The molecule has 2 aliphatic heterocycles. The van der Waals surface area contributed by atoms with E-state index < -0.39 is 66.1 Å². The van der Waals surface area contributed by atoms with Gasteiger partial charge in [0.2, 0.25) is 23.6 Å². The van der Waals surface area contributed by atoms with Crippen LogP contribution in [0.3, 0.4) is 0 Å². The van der Waals surface area contributed by atoms with Gasteiger partial charge >= 0.3 is 5.97 Å². The maximum atomic E-state index is 13.7. The second kappa shape index (κ2) is 18.1. The number of aromatic nitrogens is 3. The molecule has 1 unspecified atom stereocenters. The van der Waals surface area contributed by atoms with Crippen molar-refractivity contribution in [3.63, 3.8) is 0 Å². The van der Waals surface area contributed by atoms with E-state index in [4.69, 9.17) is 16.2 Å². The number of carbonyl (C=O) groups excluding carboxylic acids is 5. The molecule has 10 N–H and O–H groups in total. The number of carbonyl (C=O) groups is 6. The van der Waals surface area contributed by atoms with Crippen molar-refractivity contribution >= 4 is 41.2 Å². The summed E-state index contributed by atoms with van der Waals surface area (Å²) in [5, 5.41) is 31.6. The molecular formula is C32H46N10O8. The van der Waals surface area contributed by atoms with Crippen LogP contribution in [0, 0.1) is 0 Å². The van der Waals surface area contributed by atoms with Gasteiger partial charge in [-0.15, -0.1) is 5.10 Å². The average molecular weight is 699 g/mol. The number of carboxylic acid groups (broad SMARTS) is 1. The number of benzene rings is 1. The largest absolute Gasteiger partial charge is 0.493 e. The van der Waals surface area contributed by atoms with Gasteiger partial charge in [0, 0.05) is 30.6 Å². The number of nitrogens with two attached hydrogens (primary N) is 2. The first-order chi connectivity index (χ1) is 24.0. The molecule has 0 spiro atoms. The zero-order valence-corrected chi connectivity index (χ0v) is 28.0. The molecule has 4 rings (SSSR count). The SMILES string of the molecule is C[C@@H](C(=O)Nc1ccc2c(c1)C(=O)NC(CCC(=O)O)C(=O)N[C@@H](CCCCN)C(=O)N[C@H](C(N)=O)CCO2)n1cc(C2CCNCC2)nn1. The predicted molar refractivity (Wildman–Crippen MR) is 179 cm³/mol. The van der Waals surface area contributed by atoms with Crippen LogP contribution in [0.4, 0.5) is 5.69 Å². The van der Waals surface area contributed by atoms with Crippen molar-refractivity contribution in [3.05, 3.63) is 35.7 Å². The molecule has 1 saturated heterocycles. The van der Waals surface area contributed by atoms with Gasteiger partial charge < -0.3 is 47.9 Å². The van der Waals surface area contributed by atoms with Crippen LogP contribution in [-0.2, 0) is 24.0 Å². The lowest BCUT2D eigenvalue weighted by Crippen LogP contribution is -2.56. The molecule has 0 bridgehead atoms. The van der Waals surface area contributed by atoms with Gasteiger partial charge in [0.15, 0.2) is 0 Å². The molecule has 18 heteroatoms. The molecule has 4 atom stereocenters. The van der Waals surface area contributed by atoms with Crippen molar-refractivity contribution in [1.29, 1.82) is 0 Å². The number of ether oxygens (including phenoxy) is 1. The van der Waals surface area contributed by atoms with E-state index in [2.05, 4.69) is 36.9 Å². The summed E-state index contributed by atoms with van der Waals surface area (Å²) in [6, 6.07) is -0.102. The number of piperidine rings is 1. The molecule has 1 aromatic carbocycles. The number of carboxylic acids is 1. The summed E-state index contributed by atoms with van der Waals surface area (Å²) in [6.45, 7) is 3.63. The molecule has 0 aliphatic carbocycles. The fourth-order valence-electron chi connectivity index (χ4n) is 5.71. The highest BCUT2D eigenvalue weighted by Gasteiger charge is 2.31. The number of anilines is 1. The molecule has 0 radical (unpaired) electrons. The quantitative estimate of drug-likeness (QED) is 0.128. The standard InChI is InChI=1S/C32H46N10O8/c1-18(42-17-25(40-41-42)19-9-13-35-14-10-19)29(46)36-20-5-7-26-21(16-20)30(47)38-24(6-8-27(43)44)32(49)39-23(4-2-3-12-33)31(48)37-22(28(34)45)11-15-50-26/h5,7,16-19,22-24,35H,2-4,6,8-15,33H2,1H3,(H2,34,45)(H,36,46)(H,37,48)(H,38,47)(H,39,49)(H,43,44)/t18-,22-,23-,24?/m0/s1. The molecule has 18 nitrogen and oxygen atoms in total. The van der Waals surface area contributed by atoms with Gasteiger partial charge in [-0.05, 0) is 83.3 Å². The average Bonchev–Trinajstić information content (AvgIpc) is 3.59. The van der Waals surface area contributed by atoms with Crippen LogP contribution in [0.2, 0.25) is 0 Å². The van der Waals surface area contributed by atoms with E-state index in [-0.39, 0.29) is 48.8 Å². The minimum atomic E-state index is -1.37. The molecule has 1 aromatic heterocycles. The lowest BCUT2D eigenvalue weighted by molar-refractivity contribution is -0.137. The summed E-state index contributed by atoms with van der Waals surface area (Å²) in [7, 11) is 0. The Morgan fingerprint density at radius 2 is 1.76 bits per heavy atom. The highest BCUT2D eigenvalue weighted by molar-refractivity contribution is 6.02. The number of amides is 5. The third kappa shape index (κ3) is 10.4. The van der Waals surface area contributed by atoms with Gasteiger partial charge in [-0.25, -0.2) is 4.68 Å².